The molecule has 0 saturated heterocycles. The Balaban J connectivity index is 2.11. The summed E-state index contributed by atoms with van der Waals surface area (Å²) in [5.74, 6) is 0.730. The standard InChI is InChI=1S/C20H22N4O/c1-13-9-10-24-17(11-13)21-18(20(3,4)5)19(24)23-22-16-8-6-7-15(12-16)14(2)25/h6-12H,1-5H3. The summed E-state index contributed by atoms with van der Waals surface area (Å²) in [5.41, 5.74) is 4.02. The van der Waals surface area contributed by atoms with Gasteiger partial charge in [0.2, 0.25) is 0 Å². The second kappa shape index (κ2) is 6.24. The normalized spacial score (nSPS) is 12.2. The quantitative estimate of drug-likeness (QED) is 0.465. The Hall–Kier alpha value is -2.82. The first-order chi connectivity index (χ1) is 11.8. The highest BCUT2D eigenvalue weighted by atomic mass is 16.1. The number of rotatable bonds is 3. The van der Waals surface area contributed by atoms with Gasteiger partial charge >= 0.3 is 0 Å². The summed E-state index contributed by atoms with van der Waals surface area (Å²) in [6.45, 7) is 9.91. The molecule has 0 unspecified atom stereocenters. The first kappa shape index (κ1) is 17.0. The van der Waals surface area contributed by atoms with Gasteiger partial charge in [0.15, 0.2) is 11.6 Å². The second-order valence-corrected chi connectivity index (χ2v) is 7.27. The number of carbonyl (C=O) groups is 1. The average molecular weight is 334 g/mol. The van der Waals surface area contributed by atoms with Gasteiger partial charge in [0, 0.05) is 17.2 Å². The average Bonchev–Trinajstić information content (AvgIpc) is 2.91. The number of Topliss-reactive ketones (excluding diaryl/α,β-unsaturated/α-hetero) is 1. The third-order valence-electron chi connectivity index (χ3n) is 3.98. The Morgan fingerprint density at radius 3 is 2.56 bits per heavy atom. The van der Waals surface area contributed by atoms with Gasteiger partial charge in [-0.2, -0.15) is 0 Å². The predicted octanol–water partition coefficient (Wildman–Crippen LogP) is 5.56. The Morgan fingerprint density at radius 2 is 1.88 bits per heavy atom. The van der Waals surface area contributed by atoms with E-state index in [4.69, 9.17) is 4.98 Å². The fraction of sp³-hybridized carbons (Fsp3) is 0.300. The second-order valence-electron chi connectivity index (χ2n) is 7.27. The highest BCUT2D eigenvalue weighted by molar-refractivity contribution is 5.94. The van der Waals surface area contributed by atoms with Crippen molar-refractivity contribution < 1.29 is 4.79 Å². The van der Waals surface area contributed by atoms with E-state index in [1.54, 1.807) is 19.1 Å². The molecule has 0 bridgehead atoms. The minimum Gasteiger partial charge on any atom is -0.295 e. The number of carbonyl (C=O) groups excluding carboxylic acids is 1. The molecule has 5 nitrogen and oxygen atoms in total. The predicted molar refractivity (Wildman–Crippen MR) is 99.3 cm³/mol. The van der Waals surface area contributed by atoms with Gasteiger partial charge in [-0.15, -0.1) is 10.2 Å². The molecule has 0 spiro atoms. The van der Waals surface area contributed by atoms with Crippen LogP contribution in [0.3, 0.4) is 0 Å². The van der Waals surface area contributed by atoms with Gasteiger partial charge in [-0.05, 0) is 43.7 Å². The lowest BCUT2D eigenvalue weighted by molar-refractivity contribution is 0.101. The number of imidazole rings is 1. The number of aromatic nitrogens is 2. The number of aryl methyl sites for hydroxylation is 1. The van der Waals surface area contributed by atoms with Gasteiger partial charge in [-0.25, -0.2) is 4.98 Å². The van der Waals surface area contributed by atoms with Gasteiger partial charge in [0.05, 0.1) is 11.4 Å². The molecular formula is C20H22N4O. The van der Waals surface area contributed by atoms with Gasteiger partial charge in [-0.1, -0.05) is 32.9 Å². The number of azo groups is 1. The number of benzene rings is 1. The molecule has 0 aliphatic carbocycles. The molecule has 5 heteroatoms. The molecule has 0 aliphatic heterocycles. The monoisotopic (exact) mass is 334 g/mol. The Kier molecular flexibility index (Phi) is 4.25. The van der Waals surface area contributed by atoms with Crippen LogP contribution < -0.4 is 0 Å². The molecular weight excluding hydrogens is 312 g/mol. The minimum atomic E-state index is -0.157. The van der Waals surface area contributed by atoms with E-state index in [9.17, 15) is 4.79 Å². The lowest BCUT2D eigenvalue weighted by atomic mass is 9.92. The number of pyridine rings is 1. The number of fused-ring (bicyclic) bond motifs is 1. The molecule has 0 fully saturated rings. The Labute approximate surface area is 147 Å². The molecule has 0 amide bonds. The van der Waals surface area contributed by atoms with Crippen LogP contribution in [0, 0.1) is 6.92 Å². The zero-order valence-electron chi connectivity index (χ0n) is 15.2. The highest BCUT2D eigenvalue weighted by Crippen LogP contribution is 2.33. The summed E-state index contributed by atoms with van der Waals surface area (Å²) in [6, 6.07) is 11.2. The van der Waals surface area contributed by atoms with E-state index >= 15 is 0 Å². The molecule has 0 aliphatic rings. The third-order valence-corrected chi connectivity index (χ3v) is 3.98. The largest absolute Gasteiger partial charge is 0.295 e. The molecule has 128 valence electrons. The van der Waals surface area contributed by atoms with Crippen molar-refractivity contribution in [3.8, 4) is 0 Å². The molecule has 0 radical (unpaired) electrons. The van der Waals surface area contributed by atoms with Crippen molar-refractivity contribution in [2.45, 2.75) is 40.0 Å². The lowest BCUT2D eigenvalue weighted by Gasteiger charge is -2.15. The van der Waals surface area contributed by atoms with Gasteiger partial charge in [0.25, 0.3) is 0 Å². The fourth-order valence-electron chi connectivity index (χ4n) is 2.62. The van der Waals surface area contributed by atoms with E-state index in [2.05, 4.69) is 31.0 Å². The molecule has 0 saturated carbocycles. The Morgan fingerprint density at radius 1 is 1.12 bits per heavy atom. The summed E-state index contributed by atoms with van der Waals surface area (Å²) >= 11 is 0. The number of ketones is 1. The molecule has 1 aromatic carbocycles. The van der Waals surface area contributed by atoms with Crippen LogP contribution in [0.4, 0.5) is 11.5 Å². The molecule has 2 aromatic heterocycles. The summed E-state index contributed by atoms with van der Waals surface area (Å²) < 4.78 is 1.95. The van der Waals surface area contributed by atoms with Crippen LogP contribution in [-0.4, -0.2) is 15.2 Å². The molecule has 0 atom stereocenters. The molecule has 3 rings (SSSR count). The maximum Gasteiger partial charge on any atom is 0.183 e. The van der Waals surface area contributed by atoms with Crippen LogP contribution in [0.2, 0.25) is 0 Å². The lowest BCUT2D eigenvalue weighted by Crippen LogP contribution is -2.11. The zero-order chi connectivity index (χ0) is 18.2. The van der Waals surface area contributed by atoms with Crippen molar-refractivity contribution in [3.05, 3.63) is 59.4 Å². The maximum absolute atomic E-state index is 11.5. The summed E-state index contributed by atoms with van der Waals surface area (Å²) in [5, 5.41) is 8.83. The van der Waals surface area contributed by atoms with E-state index in [0.717, 1.165) is 22.7 Å². The summed E-state index contributed by atoms with van der Waals surface area (Å²) in [7, 11) is 0. The molecule has 25 heavy (non-hydrogen) atoms. The molecule has 2 heterocycles. The van der Waals surface area contributed by atoms with Crippen molar-refractivity contribution in [1.82, 2.24) is 9.38 Å². The van der Waals surface area contributed by atoms with Crippen molar-refractivity contribution in [2.24, 2.45) is 10.2 Å². The fourth-order valence-corrected chi connectivity index (χ4v) is 2.62. The highest BCUT2D eigenvalue weighted by Gasteiger charge is 2.24. The van der Waals surface area contributed by atoms with E-state index in [0.29, 0.717) is 11.3 Å². The summed E-state index contributed by atoms with van der Waals surface area (Å²) in [6.07, 6.45) is 1.97. The van der Waals surface area contributed by atoms with Crippen LogP contribution in [0.1, 0.15) is 49.3 Å². The zero-order valence-corrected chi connectivity index (χ0v) is 15.2. The van der Waals surface area contributed by atoms with Gasteiger partial charge < -0.3 is 0 Å². The maximum atomic E-state index is 11.5. The number of hydrogen-bond donors (Lipinski definition) is 0. The van der Waals surface area contributed by atoms with Crippen LogP contribution in [0.5, 0.6) is 0 Å². The van der Waals surface area contributed by atoms with Crippen molar-refractivity contribution in [2.75, 3.05) is 0 Å². The van der Waals surface area contributed by atoms with Crippen molar-refractivity contribution >= 4 is 22.9 Å². The van der Waals surface area contributed by atoms with E-state index in [1.165, 1.54) is 0 Å². The smallest absolute Gasteiger partial charge is 0.183 e. The molecule has 3 aromatic rings. The first-order valence-corrected chi connectivity index (χ1v) is 8.27. The van der Waals surface area contributed by atoms with Crippen molar-refractivity contribution in [1.29, 1.82) is 0 Å². The van der Waals surface area contributed by atoms with E-state index in [1.807, 2.05) is 41.8 Å². The van der Waals surface area contributed by atoms with Gasteiger partial charge in [-0.3, -0.25) is 9.20 Å². The Bertz CT molecular complexity index is 977. The number of nitrogens with zero attached hydrogens (tertiary/aromatic N) is 4. The van der Waals surface area contributed by atoms with Crippen molar-refractivity contribution in [3.63, 3.8) is 0 Å². The first-order valence-electron chi connectivity index (χ1n) is 8.27. The van der Waals surface area contributed by atoms with E-state index in [-0.39, 0.29) is 11.2 Å². The number of hydrogen-bond acceptors (Lipinski definition) is 4. The van der Waals surface area contributed by atoms with Crippen LogP contribution in [-0.2, 0) is 5.41 Å². The minimum absolute atomic E-state index is 0.0118. The third kappa shape index (κ3) is 3.50. The SMILES string of the molecule is CC(=O)c1cccc(N=Nc2c(C(C)(C)C)nc3cc(C)ccn23)c1. The van der Waals surface area contributed by atoms with Crippen LogP contribution in [0.25, 0.3) is 5.65 Å². The molecule has 0 N–H and O–H groups in total. The van der Waals surface area contributed by atoms with Crippen LogP contribution >= 0.6 is 0 Å². The summed E-state index contributed by atoms with van der Waals surface area (Å²) in [4.78, 5) is 16.3. The van der Waals surface area contributed by atoms with Gasteiger partial charge in [0.1, 0.15) is 5.65 Å². The van der Waals surface area contributed by atoms with Crippen LogP contribution in [0.15, 0.2) is 52.8 Å². The topological polar surface area (TPSA) is 59.1 Å². The van der Waals surface area contributed by atoms with E-state index < -0.39 is 0 Å².